The fraction of sp³-hybridized carbons (Fsp3) is 1.00. The molecule has 0 spiro atoms. The van der Waals surface area contributed by atoms with E-state index >= 15 is 0 Å². The molecule has 0 aromatic carbocycles. The van der Waals surface area contributed by atoms with Gasteiger partial charge in [-0.3, -0.25) is 9.80 Å². The van der Waals surface area contributed by atoms with Crippen LogP contribution in [0.5, 0.6) is 0 Å². The first kappa shape index (κ1) is 15.4. The van der Waals surface area contributed by atoms with Crippen molar-refractivity contribution in [2.45, 2.75) is 95.4 Å². The molecule has 4 nitrogen and oxygen atoms in total. The van der Waals surface area contributed by atoms with E-state index in [2.05, 4.69) is 30.6 Å². The molecule has 4 aliphatic rings. The summed E-state index contributed by atoms with van der Waals surface area (Å²) in [5.41, 5.74) is 0. The molecule has 126 valence electrons. The maximum absolute atomic E-state index is 6.28. The summed E-state index contributed by atoms with van der Waals surface area (Å²) >= 11 is 0. The van der Waals surface area contributed by atoms with Crippen molar-refractivity contribution in [3.63, 3.8) is 0 Å². The van der Waals surface area contributed by atoms with Crippen LogP contribution in [-0.4, -0.2) is 72.0 Å². The smallest absolute Gasteiger partial charge is 0.0746 e. The number of likely N-dealkylation sites (tertiary alicyclic amines) is 1. The first-order valence-electron chi connectivity index (χ1n) is 9.40. The molecule has 4 saturated heterocycles. The third-order valence-electron chi connectivity index (χ3n) is 6.40. The van der Waals surface area contributed by atoms with Crippen molar-refractivity contribution in [2.75, 3.05) is 19.7 Å². The Morgan fingerprint density at radius 3 is 2.41 bits per heavy atom. The monoisotopic (exact) mass is 308 g/mol. The topological polar surface area (TPSA) is 24.9 Å². The molecule has 0 aromatic heterocycles. The SMILES string of the molecule is CC(CC1OCC2CCC1N2C(C)C)N1CC2CCC(C1)O2. The van der Waals surface area contributed by atoms with Gasteiger partial charge in [-0.15, -0.1) is 0 Å². The van der Waals surface area contributed by atoms with E-state index < -0.39 is 0 Å². The van der Waals surface area contributed by atoms with E-state index in [0.29, 0.717) is 42.5 Å². The van der Waals surface area contributed by atoms with E-state index in [4.69, 9.17) is 9.47 Å². The van der Waals surface area contributed by atoms with Gasteiger partial charge in [0, 0.05) is 37.3 Å². The van der Waals surface area contributed by atoms with Gasteiger partial charge in [-0.05, 0) is 52.9 Å². The number of hydrogen-bond acceptors (Lipinski definition) is 4. The van der Waals surface area contributed by atoms with Gasteiger partial charge < -0.3 is 9.47 Å². The maximum atomic E-state index is 6.28. The second kappa shape index (κ2) is 6.04. The predicted molar refractivity (Wildman–Crippen MR) is 87.1 cm³/mol. The quantitative estimate of drug-likeness (QED) is 0.795. The van der Waals surface area contributed by atoms with Gasteiger partial charge in [0.25, 0.3) is 0 Å². The largest absolute Gasteiger partial charge is 0.375 e. The Balaban J connectivity index is 1.38. The average Bonchev–Trinajstić information content (AvgIpc) is 3.00. The number of fused-ring (bicyclic) bond motifs is 4. The molecule has 0 N–H and O–H groups in total. The molecule has 4 bridgehead atoms. The van der Waals surface area contributed by atoms with Crippen molar-refractivity contribution >= 4 is 0 Å². The van der Waals surface area contributed by atoms with Gasteiger partial charge in [-0.2, -0.15) is 0 Å². The molecule has 4 fully saturated rings. The lowest BCUT2D eigenvalue weighted by Crippen LogP contribution is -2.56. The van der Waals surface area contributed by atoms with Crippen LogP contribution in [0.15, 0.2) is 0 Å². The molecule has 6 atom stereocenters. The molecule has 4 rings (SSSR count). The van der Waals surface area contributed by atoms with E-state index in [1.165, 1.54) is 32.1 Å². The van der Waals surface area contributed by atoms with Crippen molar-refractivity contribution in [3.05, 3.63) is 0 Å². The molecule has 0 aliphatic carbocycles. The van der Waals surface area contributed by atoms with Gasteiger partial charge in [-0.1, -0.05) is 0 Å². The van der Waals surface area contributed by atoms with Crippen LogP contribution in [0.2, 0.25) is 0 Å². The van der Waals surface area contributed by atoms with Crippen LogP contribution in [0.4, 0.5) is 0 Å². The summed E-state index contributed by atoms with van der Waals surface area (Å²) in [7, 11) is 0. The molecule has 0 amide bonds. The second-order valence-corrected chi connectivity index (χ2v) is 8.21. The summed E-state index contributed by atoms with van der Waals surface area (Å²) < 4.78 is 12.3. The summed E-state index contributed by atoms with van der Waals surface area (Å²) in [6, 6.07) is 2.59. The Labute approximate surface area is 135 Å². The fourth-order valence-corrected chi connectivity index (χ4v) is 5.35. The molecule has 4 heteroatoms. The number of morpholine rings is 2. The summed E-state index contributed by atoms with van der Waals surface area (Å²) in [5, 5.41) is 0. The zero-order valence-corrected chi connectivity index (χ0v) is 14.4. The molecule has 0 radical (unpaired) electrons. The maximum Gasteiger partial charge on any atom is 0.0746 e. The number of ether oxygens (including phenoxy) is 2. The van der Waals surface area contributed by atoms with Crippen LogP contribution in [0, 0.1) is 0 Å². The normalized spacial score (nSPS) is 43.9. The first-order valence-corrected chi connectivity index (χ1v) is 9.40. The highest BCUT2D eigenvalue weighted by molar-refractivity contribution is 4.99. The van der Waals surface area contributed by atoms with Crippen molar-refractivity contribution in [2.24, 2.45) is 0 Å². The number of nitrogens with zero attached hydrogens (tertiary/aromatic N) is 2. The minimum Gasteiger partial charge on any atom is -0.375 e. The zero-order chi connectivity index (χ0) is 15.3. The average molecular weight is 308 g/mol. The van der Waals surface area contributed by atoms with Gasteiger partial charge in [0.2, 0.25) is 0 Å². The predicted octanol–water partition coefficient (Wildman–Crippen LogP) is 2.27. The van der Waals surface area contributed by atoms with E-state index in [1.807, 2.05) is 0 Å². The third-order valence-corrected chi connectivity index (χ3v) is 6.40. The molecular formula is C18H32N2O2. The standard InChI is InChI=1S/C18H32N2O2/c1-12(2)20-14-4-7-17(20)18(21-11-14)8-13(3)19-9-15-5-6-16(10-19)22-15/h12-18H,4-11H2,1-3H3. The van der Waals surface area contributed by atoms with Crippen LogP contribution in [-0.2, 0) is 9.47 Å². The molecule has 6 unspecified atom stereocenters. The van der Waals surface area contributed by atoms with Crippen molar-refractivity contribution in [3.8, 4) is 0 Å². The van der Waals surface area contributed by atoms with Crippen molar-refractivity contribution in [1.82, 2.24) is 9.80 Å². The first-order chi connectivity index (χ1) is 10.6. The fourth-order valence-electron chi connectivity index (χ4n) is 5.35. The Bertz CT molecular complexity index is 391. The lowest BCUT2D eigenvalue weighted by atomic mass is 9.98. The Hall–Kier alpha value is -0.160. The van der Waals surface area contributed by atoms with Crippen LogP contribution in [0.1, 0.15) is 52.9 Å². The molecule has 4 aliphatic heterocycles. The number of hydrogen-bond donors (Lipinski definition) is 0. The van der Waals surface area contributed by atoms with Gasteiger partial charge in [0.05, 0.1) is 24.9 Å². The van der Waals surface area contributed by atoms with E-state index in [-0.39, 0.29) is 0 Å². The Kier molecular flexibility index (Phi) is 4.22. The van der Waals surface area contributed by atoms with Gasteiger partial charge >= 0.3 is 0 Å². The second-order valence-electron chi connectivity index (χ2n) is 8.21. The van der Waals surface area contributed by atoms with Crippen LogP contribution in [0.25, 0.3) is 0 Å². The molecule has 0 aromatic rings. The molecule has 0 saturated carbocycles. The third kappa shape index (κ3) is 2.72. The van der Waals surface area contributed by atoms with Crippen LogP contribution in [0.3, 0.4) is 0 Å². The minimum absolute atomic E-state index is 0.427. The van der Waals surface area contributed by atoms with Crippen LogP contribution < -0.4 is 0 Å². The van der Waals surface area contributed by atoms with Crippen LogP contribution >= 0.6 is 0 Å². The van der Waals surface area contributed by atoms with E-state index in [0.717, 1.165) is 19.7 Å². The van der Waals surface area contributed by atoms with Gasteiger partial charge in [0.15, 0.2) is 0 Å². The minimum atomic E-state index is 0.427. The lowest BCUT2D eigenvalue weighted by Gasteiger charge is -2.44. The highest BCUT2D eigenvalue weighted by Crippen LogP contribution is 2.37. The van der Waals surface area contributed by atoms with E-state index in [1.54, 1.807) is 0 Å². The number of rotatable bonds is 4. The van der Waals surface area contributed by atoms with Gasteiger partial charge in [-0.25, -0.2) is 0 Å². The summed E-state index contributed by atoms with van der Waals surface area (Å²) in [5.74, 6) is 0. The summed E-state index contributed by atoms with van der Waals surface area (Å²) in [4.78, 5) is 5.40. The summed E-state index contributed by atoms with van der Waals surface area (Å²) in [6.45, 7) is 10.3. The Morgan fingerprint density at radius 2 is 1.73 bits per heavy atom. The zero-order valence-electron chi connectivity index (χ0n) is 14.4. The highest BCUT2D eigenvalue weighted by Gasteiger charge is 2.45. The molecular weight excluding hydrogens is 276 g/mol. The Morgan fingerprint density at radius 1 is 1.00 bits per heavy atom. The molecule has 22 heavy (non-hydrogen) atoms. The molecule has 4 heterocycles. The lowest BCUT2D eigenvalue weighted by molar-refractivity contribution is -0.104. The van der Waals surface area contributed by atoms with Crippen molar-refractivity contribution < 1.29 is 9.47 Å². The van der Waals surface area contributed by atoms with Crippen molar-refractivity contribution in [1.29, 1.82) is 0 Å². The summed E-state index contributed by atoms with van der Waals surface area (Å²) in [6.07, 6.45) is 7.78. The van der Waals surface area contributed by atoms with Gasteiger partial charge in [0.1, 0.15) is 0 Å². The highest BCUT2D eigenvalue weighted by atomic mass is 16.5. The van der Waals surface area contributed by atoms with E-state index in [9.17, 15) is 0 Å².